The van der Waals surface area contributed by atoms with Crippen molar-refractivity contribution in [1.29, 1.82) is 0 Å². The van der Waals surface area contributed by atoms with Crippen LogP contribution in [0.4, 0.5) is 4.39 Å². The van der Waals surface area contributed by atoms with Crippen LogP contribution < -0.4 is 11.1 Å². The summed E-state index contributed by atoms with van der Waals surface area (Å²) in [4.78, 5) is 29.9. The van der Waals surface area contributed by atoms with E-state index >= 15 is 0 Å². The number of esters is 1. The lowest BCUT2D eigenvalue weighted by Crippen LogP contribution is -2.61. The lowest BCUT2D eigenvalue weighted by molar-refractivity contribution is -0.146. The van der Waals surface area contributed by atoms with Crippen molar-refractivity contribution in [3.8, 4) is 11.1 Å². The Morgan fingerprint density at radius 1 is 1.19 bits per heavy atom. The van der Waals surface area contributed by atoms with Gasteiger partial charge in [-0.1, -0.05) is 24.3 Å². The maximum absolute atomic E-state index is 13.6. The van der Waals surface area contributed by atoms with Crippen molar-refractivity contribution in [2.24, 2.45) is 35.3 Å². The molecule has 0 radical (unpaired) electrons. The second-order valence-corrected chi connectivity index (χ2v) is 11.5. The van der Waals surface area contributed by atoms with Gasteiger partial charge in [0.25, 0.3) is 0 Å². The molecule has 3 N–H and O–H groups in total. The number of rotatable bonds is 5. The number of carbonyl (C=O) groups is 2. The number of amides is 1. The number of nitrogens with one attached hydrogen (secondary N) is 1. The summed E-state index contributed by atoms with van der Waals surface area (Å²) in [6.45, 7) is 1.95. The fourth-order valence-electron chi connectivity index (χ4n) is 7.12. The first kappa shape index (κ1) is 24.3. The number of hydrogen-bond acceptors (Lipinski definition) is 5. The fourth-order valence-corrected chi connectivity index (χ4v) is 7.12. The van der Waals surface area contributed by atoms with Gasteiger partial charge in [-0.05, 0) is 93.0 Å². The molecule has 6 nitrogen and oxygen atoms in total. The van der Waals surface area contributed by atoms with Crippen molar-refractivity contribution in [3.63, 3.8) is 0 Å². The van der Waals surface area contributed by atoms with E-state index in [0.717, 1.165) is 48.9 Å². The van der Waals surface area contributed by atoms with E-state index in [1.165, 1.54) is 12.1 Å². The van der Waals surface area contributed by atoms with Gasteiger partial charge in [0.05, 0.1) is 5.69 Å². The number of ether oxygens (including phenoxy) is 1. The summed E-state index contributed by atoms with van der Waals surface area (Å²) in [5.74, 6) is 0.391. The van der Waals surface area contributed by atoms with Crippen molar-refractivity contribution >= 4 is 18.0 Å². The highest BCUT2D eigenvalue weighted by Gasteiger charge is 2.62. The molecule has 3 saturated carbocycles. The Bertz CT molecular complexity index is 1230. The third-order valence-corrected chi connectivity index (χ3v) is 9.05. The van der Waals surface area contributed by atoms with Gasteiger partial charge in [0, 0.05) is 29.6 Å². The number of carbonyl (C=O) groups excluding carboxylic acids is 2. The molecule has 1 aromatic heterocycles. The van der Waals surface area contributed by atoms with E-state index in [2.05, 4.69) is 16.4 Å². The first-order valence-electron chi connectivity index (χ1n) is 13.5. The largest absolute Gasteiger partial charge is 0.461 e. The third kappa shape index (κ3) is 4.58. The molecule has 1 aliphatic heterocycles. The Hall–Kier alpha value is -3.06. The molecular weight excluding hydrogens is 469 g/mol. The maximum Gasteiger partial charge on any atom is 0.326 e. The average Bonchev–Trinajstić information content (AvgIpc) is 3.70. The summed E-state index contributed by atoms with van der Waals surface area (Å²) < 4.78 is 19.3. The van der Waals surface area contributed by atoms with Gasteiger partial charge in [0.15, 0.2) is 0 Å². The van der Waals surface area contributed by atoms with Crippen LogP contribution in [0.25, 0.3) is 17.2 Å². The van der Waals surface area contributed by atoms with Gasteiger partial charge < -0.3 is 15.8 Å². The Morgan fingerprint density at radius 3 is 2.76 bits per heavy atom. The minimum absolute atomic E-state index is 0.0787. The topological polar surface area (TPSA) is 94.3 Å². The molecular formula is C30H34FN3O3. The highest BCUT2D eigenvalue weighted by molar-refractivity contribution is 5.84. The van der Waals surface area contributed by atoms with E-state index in [9.17, 15) is 14.0 Å². The van der Waals surface area contributed by atoms with Crippen LogP contribution in [0.2, 0.25) is 0 Å². The van der Waals surface area contributed by atoms with E-state index in [4.69, 9.17) is 10.5 Å². The Morgan fingerprint density at radius 2 is 2.03 bits per heavy atom. The zero-order valence-electron chi connectivity index (χ0n) is 21.1. The summed E-state index contributed by atoms with van der Waals surface area (Å²) in [6.07, 6.45) is 11.1. The predicted molar refractivity (Wildman–Crippen MR) is 138 cm³/mol. The minimum atomic E-state index is -1.01. The maximum atomic E-state index is 13.6. The van der Waals surface area contributed by atoms with Crippen LogP contribution in [0.5, 0.6) is 0 Å². The molecule has 3 aliphatic carbocycles. The van der Waals surface area contributed by atoms with Crippen LogP contribution in [-0.4, -0.2) is 34.5 Å². The highest BCUT2D eigenvalue weighted by atomic mass is 19.1. The van der Waals surface area contributed by atoms with Gasteiger partial charge in [-0.2, -0.15) is 0 Å². The smallest absolute Gasteiger partial charge is 0.326 e. The number of cyclic esters (lactones) is 1. The summed E-state index contributed by atoms with van der Waals surface area (Å²) in [5.41, 5.74) is 8.25. The number of benzene rings is 1. The van der Waals surface area contributed by atoms with E-state index in [0.29, 0.717) is 12.3 Å². The van der Waals surface area contributed by atoms with Crippen molar-refractivity contribution in [3.05, 3.63) is 60.2 Å². The number of allylic oxidation sites excluding steroid dienone is 1. The normalized spacial score (nSPS) is 35.1. The average molecular weight is 504 g/mol. The molecule has 1 saturated heterocycles. The lowest BCUT2D eigenvalue weighted by Gasteiger charge is -2.51. The van der Waals surface area contributed by atoms with Gasteiger partial charge in [0.2, 0.25) is 5.91 Å². The zero-order valence-corrected chi connectivity index (χ0v) is 21.1. The Balaban J connectivity index is 1.23. The number of halogens is 1. The van der Waals surface area contributed by atoms with E-state index < -0.39 is 5.54 Å². The van der Waals surface area contributed by atoms with E-state index in [1.54, 1.807) is 12.3 Å². The zero-order chi connectivity index (χ0) is 25.7. The number of aromatic nitrogens is 1. The van der Waals surface area contributed by atoms with Gasteiger partial charge in [-0.25, -0.2) is 4.39 Å². The summed E-state index contributed by atoms with van der Waals surface area (Å²) in [7, 11) is 0. The van der Waals surface area contributed by atoms with Gasteiger partial charge in [0.1, 0.15) is 17.5 Å². The molecule has 37 heavy (non-hydrogen) atoms. The van der Waals surface area contributed by atoms with Crippen molar-refractivity contribution < 1.29 is 18.7 Å². The van der Waals surface area contributed by atoms with Crippen LogP contribution in [0.1, 0.15) is 51.1 Å². The summed E-state index contributed by atoms with van der Waals surface area (Å²) in [6, 6.07) is 10.5. The van der Waals surface area contributed by atoms with E-state index in [1.807, 2.05) is 31.2 Å². The van der Waals surface area contributed by atoms with Gasteiger partial charge >= 0.3 is 5.97 Å². The molecule has 4 fully saturated rings. The molecule has 6 rings (SSSR count). The minimum Gasteiger partial charge on any atom is -0.461 e. The molecule has 1 amide bonds. The number of hydrogen-bond donors (Lipinski definition) is 2. The molecule has 0 spiro atoms. The van der Waals surface area contributed by atoms with E-state index in [-0.39, 0.29) is 53.5 Å². The fraction of sp³-hybridized carbons (Fsp3) is 0.500. The van der Waals surface area contributed by atoms with Crippen LogP contribution >= 0.6 is 0 Å². The number of fused-ring (bicyclic) bond motifs is 2. The van der Waals surface area contributed by atoms with Crippen LogP contribution in [0.15, 0.2) is 48.7 Å². The molecule has 1 aromatic carbocycles. The second kappa shape index (κ2) is 9.35. The monoisotopic (exact) mass is 503 g/mol. The first-order valence-corrected chi connectivity index (χ1v) is 13.5. The molecule has 7 atom stereocenters. The SMILES string of the molecule is C[C@H]1OC(=O)[C@]2(N)C[C@@H]3C[C@H](NC(=O)C4CC4)CC[C@H]3[C@H](/C=C/c3ccc(-c4cccc(F)c4)cn3)[C@H]12. The molecule has 2 aromatic rings. The molecule has 4 aliphatic rings. The molecule has 7 heteroatoms. The molecule has 194 valence electrons. The van der Waals surface area contributed by atoms with Gasteiger partial charge in [-0.15, -0.1) is 0 Å². The third-order valence-electron chi connectivity index (χ3n) is 9.05. The summed E-state index contributed by atoms with van der Waals surface area (Å²) in [5, 5.41) is 3.25. The van der Waals surface area contributed by atoms with Gasteiger partial charge in [-0.3, -0.25) is 14.6 Å². The predicted octanol–water partition coefficient (Wildman–Crippen LogP) is 4.49. The van der Waals surface area contributed by atoms with Crippen LogP contribution in [0, 0.1) is 35.4 Å². The second-order valence-electron chi connectivity index (χ2n) is 11.5. The lowest BCUT2D eigenvalue weighted by atomic mass is 9.54. The van der Waals surface area contributed by atoms with Crippen LogP contribution in [-0.2, 0) is 14.3 Å². The van der Waals surface area contributed by atoms with Crippen molar-refractivity contribution in [2.75, 3.05) is 0 Å². The molecule has 0 bridgehead atoms. The number of nitrogens with zero attached hydrogens (tertiary/aromatic N) is 1. The molecule has 2 heterocycles. The quantitative estimate of drug-likeness (QED) is 0.587. The highest BCUT2D eigenvalue weighted by Crippen LogP contribution is 2.54. The standard InChI is InChI=1S/C30H34FN3O3/c1-17-27-26(12-9-23-8-7-20(16-33-23)19-3-2-4-22(31)13-19)25-11-10-24(34-28(35)18-5-6-18)14-21(25)15-30(27,32)29(36)37-17/h2-4,7-9,12-13,16-18,21,24-27H,5-6,10-11,14-15,32H2,1H3,(H,34,35)/b12-9+/t17-,21+,24-,25-,26+,27+,30+/m1/s1. The van der Waals surface area contributed by atoms with Crippen molar-refractivity contribution in [2.45, 2.75) is 63.1 Å². The molecule has 0 unspecified atom stereocenters. The summed E-state index contributed by atoms with van der Waals surface area (Å²) >= 11 is 0. The number of nitrogens with two attached hydrogens (primary N) is 1. The Kier molecular flexibility index (Phi) is 6.14. The first-order chi connectivity index (χ1) is 17.8. The van der Waals surface area contributed by atoms with Crippen LogP contribution in [0.3, 0.4) is 0 Å². The number of pyridine rings is 1. The Labute approximate surface area is 216 Å². The van der Waals surface area contributed by atoms with Crippen molar-refractivity contribution in [1.82, 2.24) is 10.3 Å².